The van der Waals surface area contributed by atoms with E-state index < -0.39 is 0 Å². The SMILES string of the molecule is C=CC(=O)NCc1ccc(C(=O)Nc2ccc3c(c2)C(=O)NC3)cc1. The smallest absolute Gasteiger partial charge is 0.255 e. The van der Waals surface area contributed by atoms with E-state index in [1.165, 1.54) is 6.08 Å². The Hall–Kier alpha value is -3.41. The Kier molecular flexibility index (Phi) is 4.61. The molecule has 0 aromatic heterocycles. The van der Waals surface area contributed by atoms with Gasteiger partial charge in [0.15, 0.2) is 0 Å². The average Bonchev–Trinajstić information content (AvgIpc) is 3.00. The van der Waals surface area contributed by atoms with Crippen molar-refractivity contribution in [2.45, 2.75) is 13.1 Å². The van der Waals surface area contributed by atoms with Crippen LogP contribution in [-0.4, -0.2) is 17.7 Å². The number of carbonyl (C=O) groups excluding carboxylic acids is 3. The summed E-state index contributed by atoms with van der Waals surface area (Å²) in [6.45, 7) is 4.27. The van der Waals surface area contributed by atoms with Crippen molar-refractivity contribution in [1.29, 1.82) is 0 Å². The van der Waals surface area contributed by atoms with E-state index in [1.807, 2.05) is 6.07 Å². The highest BCUT2D eigenvalue weighted by molar-refractivity contribution is 6.05. The molecule has 3 amide bonds. The normalized spacial score (nSPS) is 12.1. The van der Waals surface area contributed by atoms with Crippen LogP contribution in [0, 0.1) is 0 Å². The number of amides is 3. The first-order valence-corrected chi connectivity index (χ1v) is 7.78. The van der Waals surface area contributed by atoms with Crippen molar-refractivity contribution in [3.05, 3.63) is 77.4 Å². The molecule has 0 unspecified atom stereocenters. The third kappa shape index (κ3) is 3.74. The summed E-state index contributed by atoms with van der Waals surface area (Å²) in [6.07, 6.45) is 1.21. The van der Waals surface area contributed by atoms with Crippen molar-refractivity contribution in [2.24, 2.45) is 0 Å². The molecule has 0 atom stereocenters. The number of rotatable bonds is 5. The lowest BCUT2D eigenvalue weighted by Crippen LogP contribution is -2.20. The maximum Gasteiger partial charge on any atom is 0.255 e. The first kappa shape index (κ1) is 16.4. The summed E-state index contributed by atoms with van der Waals surface area (Å²) in [4.78, 5) is 35.2. The summed E-state index contributed by atoms with van der Waals surface area (Å²) in [5.74, 6) is -0.639. The zero-order valence-corrected chi connectivity index (χ0v) is 13.5. The topological polar surface area (TPSA) is 87.3 Å². The first-order chi connectivity index (χ1) is 12.1. The third-order valence-electron chi connectivity index (χ3n) is 3.92. The predicted octanol–water partition coefficient (Wildman–Crippen LogP) is 1.98. The van der Waals surface area contributed by atoms with Crippen LogP contribution < -0.4 is 16.0 Å². The van der Waals surface area contributed by atoms with Gasteiger partial charge in [-0.25, -0.2) is 0 Å². The van der Waals surface area contributed by atoms with Crippen LogP contribution in [0.5, 0.6) is 0 Å². The minimum absolute atomic E-state index is 0.128. The van der Waals surface area contributed by atoms with E-state index in [4.69, 9.17) is 0 Å². The molecule has 0 fully saturated rings. The quantitative estimate of drug-likeness (QED) is 0.730. The Morgan fingerprint density at radius 3 is 2.64 bits per heavy atom. The van der Waals surface area contributed by atoms with E-state index in [9.17, 15) is 14.4 Å². The molecule has 0 radical (unpaired) electrons. The summed E-state index contributed by atoms with van der Waals surface area (Å²) < 4.78 is 0. The van der Waals surface area contributed by atoms with Gasteiger partial charge in [0.05, 0.1) is 0 Å². The Labute approximate surface area is 144 Å². The molecule has 126 valence electrons. The lowest BCUT2D eigenvalue weighted by molar-refractivity contribution is -0.116. The van der Waals surface area contributed by atoms with Crippen molar-refractivity contribution in [1.82, 2.24) is 10.6 Å². The molecule has 3 N–H and O–H groups in total. The Morgan fingerprint density at radius 1 is 1.16 bits per heavy atom. The highest BCUT2D eigenvalue weighted by Crippen LogP contribution is 2.20. The van der Waals surface area contributed by atoms with Crippen LogP contribution in [0.1, 0.15) is 31.8 Å². The van der Waals surface area contributed by atoms with Crippen LogP contribution >= 0.6 is 0 Å². The number of hydrogen-bond donors (Lipinski definition) is 3. The van der Waals surface area contributed by atoms with Crippen LogP contribution in [0.4, 0.5) is 5.69 Å². The van der Waals surface area contributed by atoms with Gasteiger partial charge in [-0.1, -0.05) is 24.8 Å². The Bertz CT molecular complexity index is 857. The van der Waals surface area contributed by atoms with E-state index in [0.29, 0.717) is 29.9 Å². The van der Waals surface area contributed by atoms with Gasteiger partial charge in [0, 0.05) is 29.9 Å². The molecule has 2 aromatic carbocycles. The molecule has 1 aliphatic rings. The van der Waals surface area contributed by atoms with E-state index in [2.05, 4.69) is 22.5 Å². The second kappa shape index (κ2) is 7.00. The maximum atomic E-state index is 12.3. The standard InChI is InChI=1S/C19H17N3O3/c1-2-17(23)20-10-12-3-5-13(6-4-12)18(24)22-15-8-7-14-11-21-19(25)16(14)9-15/h2-9H,1,10-11H2,(H,20,23)(H,21,25)(H,22,24). The molecule has 25 heavy (non-hydrogen) atoms. The number of nitrogens with one attached hydrogen (secondary N) is 3. The second-order valence-electron chi connectivity index (χ2n) is 5.63. The second-order valence-corrected chi connectivity index (χ2v) is 5.63. The molecule has 3 rings (SSSR count). The van der Waals surface area contributed by atoms with E-state index in [1.54, 1.807) is 36.4 Å². The molecule has 0 saturated heterocycles. The predicted molar refractivity (Wildman–Crippen MR) is 94.1 cm³/mol. The summed E-state index contributed by atoms with van der Waals surface area (Å²) in [6, 6.07) is 12.2. The van der Waals surface area contributed by atoms with Gasteiger partial charge in [-0.05, 0) is 41.5 Å². The van der Waals surface area contributed by atoms with E-state index in [0.717, 1.165) is 11.1 Å². The van der Waals surface area contributed by atoms with Crippen molar-refractivity contribution in [3.8, 4) is 0 Å². The fourth-order valence-electron chi connectivity index (χ4n) is 2.53. The van der Waals surface area contributed by atoms with Crippen LogP contribution in [0.15, 0.2) is 55.1 Å². The highest BCUT2D eigenvalue weighted by Gasteiger charge is 2.19. The molecule has 1 heterocycles. The maximum absolute atomic E-state index is 12.3. The third-order valence-corrected chi connectivity index (χ3v) is 3.92. The molecular weight excluding hydrogens is 318 g/mol. The zero-order valence-electron chi connectivity index (χ0n) is 13.5. The van der Waals surface area contributed by atoms with Crippen molar-refractivity contribution in [3.63, 3.8) is 0 Å². The fourth-order valence-corrected chi connectivity index (χ4v) is 2.53. The molecule has 0 bridgehead atoms. The molecule has 6 heteroatoms. The molecule has 6 nitrogen and oxygen atoms in total. The van der Waals surface area contributed by atoms with Crippen molar-refractivity contribution >= 4 is 23.4 Å². The highest BCUT2D eigenvalue weighted by atomic mass is 16.2. The van der Waals surface area contributed by atoms with Gasteiger partial charge in [-0.2, -0.15) is 0 Å². The molecule has 0 spiro atoms. The van der Waals surface area contributed by atoms with Gasteiger partial charge in [0.2, 0.25) is 5.91 Å². The van der Waals surface area contributed by atoms with Crippen LogP contribution in [0.25, 0.3) is 0 Å². The summed E-state index contributed by atoms with van der Waals surface area (Å²) in [5, 5.41) is 8.19. The summed E-state index contributed by atoms with van der Waals surface area (Å²) in [7, 11) is 0. The summed E-state index contributed by atoms with van der Waals surface area (Å²) >= 11 is 0. The lowest BCUT2D eigenvalue weighted by Gasteiger charge is -2.08. The van der Waals surface area contributed by atoms with Gasteiger partial charge in [0.25, 0.3) is 11.8 Å². The number of fused-ring (bicyclic) bond motifs is 1. The van der Waals surface area contributed by atoms with E-state index >= 15 is 0 Å². The van der Waals surface area contributed by atoms with Gasteiger partial charge in [-0.3, -0.25) is 14.4 Å². The molecule has 0 saturated carbocycles. The molecule has 1 aliphatic heterocycles. The molecular formula is C19H17N3O3. The average molecular weight is 335 g/mol. The zero-order chi connectivity index (χ0) is 17.8. The van der Waals surface area contributed by atoms with Gasteiger partial charge in [-0.15, -0.1) is 0 Å². The monoisotopic (exact) mass is 335 g/mol. The molecule has 2 aromatic rings. The Balaban J connectivity index is 1.65. The largest absolute Gasteiger partial charge is 0.348 e. The lowest BCUT2D eigenvalue weighted by atomic mass is 10.1. The number of benzene rings is 2. The van der Waals surface area contributed by atoms with Gasteiger partial charge in [0.1, 0.15) is 0 Å². The van der Waals surface area contributed by atoms with Crippen molar-refractivity contribution < 1.29 is 14.4 Å². The number of anilines is 1. The van der Waals surface area contributed by atoms with Crippen LogP contribution in [0.3, 0.4) is 0 Å². The number of carbonyl (C=O) groups is 3. The molecule has 0 aliphatic carbocycles. The number of hydrogen-bond acceptors (Lipinski definition) is 3. The van der Waals surface area contributed by atoms with Crippen molar-refractivity contribution in [2.75, 3.05) is 5.32 Å². The van der Waals surface area contributed by atoms with Gasteiger partial charge >= 0.3 is 0 Å². The minimum atomic E-state index is -0.264. The summed E-state index contributed by atoms with van der Waals surface area (Å²) in [5.41, 5.74) is 3.45. The first-order valence-electron chi connectivity index (χ1n) is 7.78. The fraction of sp³-hybridized carbons (Fsp3) is 0.105. The van der Waals surface area contributed by atoms with E-state index in [-0.39, 0.29) is 17.7 Å². The van der Waals surface area contributed by atoms with Gasteiger partial charge < -0.3 is 16.0 Å². The minimum Gasteiger partial charge on any atom is -0.348 e. The van der Waals surface area contributed by atoms with Crippen LogP contribution in [0.2, 0.25) is 0 Å². The Morgan fingerprint density at radius 2 is 1.92 bits per heavy atom. The van der Waals surface area contributed by atoms with Crippen LogP contribution in [-0.2, 0) is 17.9 Å².